The van der Waals surface area contributed by atoms with Gasteiger partial charge in [0.15, 0.2) is 0 Å². The van der Waals surface area contributed by atoms with Crippen molar-refractivity contribution in [2.75, 3.05) is 0 Å². The summed E-state index contributed by atoms with van der Waals surface area (Å²) in [6.07, 6.45) is 22.5. The van der Waals surface area contributed by atoms with Gasteiger partial charge in [0.05, 0.1) is 33.9 Å². The van der Waals surface area contributed by atoms with Crippen molar-refractivity contribution in [3.05, 3.63) is 104 Å². The van der Waals surface area contributed by atoms with E-state index in [0.29, 0.717) is 36.8 Å². The molecule has 0 aromatic heterocycles. The number of nitrogens with zero attached hydrogens (tertiary/aromatic N) is 2. The molecule has 0 aliphatic heterocycles. The third kappa shape index (κ3) is 21.6. The molecule has 11 heteroatoms. The molecule has 0 aliphatic rings. The summed E-state index contributed by atoms with van der Waals surface area (Å²) >= 11 is 0. The number of hydrogen-bond donors (Lipinski definition) is 4. The van der Waals surface area contributed by atoms with Crippen LogP contribution in [-0.2, 0) is 71.8 Å². The molecule has 400 valence electrons. The molecule has 0 amide bonds. The summed E-state index contributed by atoms with van der Waals surface area (Å²) in [5.41, 5.74) is 12.2. The Morgan fingerprint density at radius 2 is 0.778 bits per heavy atom. The third-order valence-corrected chi connectivity index (χ3v) is 12.4. The van der Waals surface area contributed by atoms with E-state index in [1.807, 2.05) is 13.8 Å². The van der Waals surface area contributed by atoms with E-state index in [9.17, 15) is 40.2 Å². The number of carbonyl (C=O) groups is 2. The number of aromatic carboxylic acids is 2. The second-order valence-corrected chi connectivity index (χ2v) is 18.9. The zero-order valence-corrected chi connectivity index (χ0v) is 47.1. The first kappa shape index (κ1) is 65.0. The van der Waals surface area contributed by atoms with E-state index in [1.54, 1.807) is 0 Å². The van der Waals surface area contributed by atoms with Gasteiger partial charge in [-0.1, -0.05) is 157 Å². The molecule has 72 heavy (non-hydrogen) atoms. The summed E-state index contributed by atoms with van der Waals surface area (Å²) in [5.74, 6) is -4.94. The van der Waals surface area contributed by atoms with E-state index < -0.39 is 34.9 Å². The Morgan fingerprint density at radius 3 is 1.08 bits per heavy atom. The summed E-state index contributed by atoms with van der Waals surface area (Å²) in [7, 11) is 0. The van der Waals surface area contributed by atoms with E-state index in [-0.39, 0.29) is 31.5 Å². The SMILES string of the molecule is CCCCC(=Nc1cc(CCC)cc(CCC)c1)C(C)=Nc1cc(CCC)cc(CCC)c1.CCCCCc1cc(O)c([O-])c(C(=O)O)c1CCC.CCCCCc1cc(O)c([O-])c(C(=O)O)c1CCC.[Pd+2]. The Morgan fingerprint density at radius 1 is 0.444 bits per heavy atom. The molecule has 0 radical (unpaired) electrons. The van der Waals surface area contributed by atoms with Crippen LogP contribution in [0.25, 0.3) is 0 Å². The quantitative estimate of drug-likeness (QED) is 0.0246. The molecule has 4 aromatic rings. The Hall–Kier alpha value is -4.98. The maximum Gasteiger partial charge on any atom is 2.00 e. The number of phenols is 2. The van der Waals surface area contributed by atoms with Crippen molar-refractivity contribution in [1.82, 2.24) is 0 Å². The molecule has 4 aromatic carbocycles. The average Bonchev–Trinajstić information content (AvgIpc) is 3.31. The number of aryl methyl sites for hydroxylation is 6. The summed E-state index contributed by atoms with van der Waals surface area (Å²) in [6.45, 7) is 21.4. The molecule has 0 aliphatic carbocycles. The van der Waals surface area contributed by atoms with E-state index >= 15 is 0 Å². The minimum atomic E-state index is -1.25. The van der Waals surface area contributed by atoms with Crippen LogP contribution < -0.4 is 10.2 Å². The Bertz CT molecular complexity index is 2200. The van der Waals surface area contributed by atoms with Gasteiger partial charge in [0.1, 0.15) is 11.5 Å². The molecule has 0 saturated carbocycles. The minimum absolute atomic E-state index is 0. The number of unbranched alkanes of at least 4 members (excludes halogenated alkanes) is 5. The van der Waals surface area contributed by atoms with E-state index in [2.05, 4.69) is 91.8 Å². The molecule has 0 saturated heterocycles. The van der Waals surface area contributed by atoms with Crippen LogP contribution in [0.3, 0.4) is 0 Å². The smallest absolute Gasteiger partial charge is 0.869 e. The summed E-state index contributed by atoms with van der Waals surface area (Å²) in [4.78, 5) is 32.8. The predicted octanol–water partition coefficient (Wildman–Crippen LogP) is 15.2. The molecular formula is C61H88N2O8Pd. The number of phenolic OH excluding ortho intramolecular Hbond substituents is 2. The molecule has 4 N–H and O–H groups in total. The van der Waals surface area contributed by atoms with Gasteiger partial charge in [0.25, 0.3) is 0 Å². The molecule has 0 atom stereocenters. The molecular weight excluding hydrogens is 995 g/mol. The van der Waals surface area contributed by atoms with Crippen molar-refractivity contribution in [3.8, 4) is 23.0 Å². The Kier molecular flexibility index (Phi) is 32.5. The maximum absolute atomic E-state index is 11.8. The van der Waals surface area contributed by atoms with Crippen LogP contribution in [0.1, 0.15) is 231 Å². The normalized spacial score (nSPS) is 11.3. The van der Waals surface area contributed by atoms with Gasteiger partial charge in [0, 0.05) is 0 Å². The van der Waals surface area contributed by atoms with Crippen LogP contribution in [0.5, 0.6) is 23.0 Å². The van der Waals surface area contributed by atoms with Crippen LogP contribution in [0.15, 0.2) is 58.5 Å². The van der Waals surface area contributed by atoms with Crippen LogP contribution in [0.2, 0.25) is 0 Å². The second kappa shape index (κ2) is 36.0. The van der Waals surface area contributed by atoms with Crippen LogP contribution in [-0.4, -0.2) is 43.8 Å². The number of aliphatic imine (C=N–C) groups is 2. The fraction of sp³-hybridized carbons (Fsp3) is 0.541. The van der Waals surface area contributed by atoms with E-state index in [0.717, 1.165) is 156 Å². The number of benzene rings is 4. The van der Waals surface area contributed by atoms with Crippen LogP contribution in [0.4, 0.5) is 11.4 Å². The summed E-state index contributed by atoms with van der Waals surface area (Å²) in [6, 6.07) is 16.7. The monoisotopic (exact) mass is 1080 g/mol. The summed E-state index contributed by atoms with van der Waals surface area (Å²) < 4.78 is 0. The number of rotatable bonds is 28. The van der Waals surface area contributed by atoms with E-state index in [4.69, 9.17) is 9.98 Å². The number of carboxylic acids is 2. The first-order chi connectivity index (χ1) is 34.1. The number of aromatic hydroxyl groups is 2. The van der Waals surface area contributed by atoms with Crippen molar-refractivity contribution in [2.45, 2.75) is 217 Å². The van der Waals surface area contributed by atoms with Crippen LogP contribution in [0, 0.1) is 0 Å². The summed E-state index contributed by atoms with van der Waals surface area (Å²) in [5, 5.41) is 61.1. The average molecular weight is 1080 g/mol. The predicted molar refractivity (Wildman–Crippen MR) is 292 cm³/mol. The number of carboxylic acid groups (broad SMARTS) is 2. The van der Waals surface area contributed by atoms with Crippen molar-refractivity contribution in [2.24, 2.45) is 9.98 Å². The molecule has 0 fully saturated rings. The van der Waals surface area contributed by atoms with Crippen molar-refractivity contribution in [1.29, 1.82) is 0 Å². The van der Waals surface area contributed by atoms with Gasteiger partial charge in [-0.15, -0.1) is 0 Å². The van der Waals surface area contributed by atoms with Crippen molar-refractivity contribution < 1.29 is 60.7 Å². The zero-order valence-electron chi connectivity index (χ0n) is 45.5. The van der Waals surface area contributed by atoms with Crippen molar-refractivity contribution in [3.63, 3.8) is 0 Å². The van der Waals surface area contributed by atoms with Gasteiger partial charge < -0.3 is 30.6 Å². The zero-order chi connectivity index (χ0) is 52.9. The van der Waals surface area contributed by atoms with Gasteiger partial charge in [-0.2, -0.15) is 0 Å². The van der Waals surface area contributed by atoms with Gasteiger partial charge in [-0.05, 0) is 165 Å². The standard InChI is InChI=1S/C31H46N2.2C15H22O4.Pd/c1-7-12-17-31(33-30-22-27(15-10-4)19-28(23-30)16-11-5)24(6)32-29-20-25(13-8-2)18-26(21-29)14-9-3;2*1-3-5-6-8-10-9-12(16)14(17)13(15(18)19)11(10)7-4-2;/h18-23H,7-17H2,1-6H3;2*9,16-17H,3-8H2,1-2H3,(H,18,19);/q;;;+2/p-2. The molecule has 0 spiro atoms. The van der Waals surface area contributed by atoms with Crippen molar-refractivity contribution >= 4 is 34.7 Å². The number of hydrogen-bond acceptors (Lipinski definition) is 8. The van der Waals surface area contributed by atoms with Gasteiger partial charge in [-0.3, -0.25) is 9.98 Å². The third-order valence-electron chi connectivity index (χ3n) is 12.4. The van der Waals surface area contributed by atoms with Crippen LogP contribution >= 0.6 is 0 Å². The first-order valence-corrected chi connectivity index (χ1v) is 27.0. The largest absolute Gasteiger partial charge is 2.00 e. The maximum atomic E-state index is 11.8. The molecule has 0 heterocycles. The topological polar surface area (TPSA) is 186 Å². The molecule has 0 bridgehead atoms. The Balaban J connectivity index is 0.000000572. The Labute approximate surface area is 447 Å². The fourth-order valence-corrected chi connectivity index (χ4v) is 9.01. The second-order valence-electron chi connectivity index (χ2n) is 18.9. The molecule has 4 rings (SSSR count). The molecule has 0 unspecified atom stereocenters. The minimum Gasteiger partial charge on any atom is -0.869 e. The fourth-order valence-electron chi connectivity index (χ4n) is 9.01. The van der Waals surface area contributed by atoms with Gasteiger partial charge >= 0.3 is 32.4 Å². The van der Waals surface area contributed by atoms with Gasteiger partial charge in [0.2, 0.25) is 0 Å². The molecule has 10 nitrogen and oxygen atoms in total. The van der Waals surface area contributed by atoms with Gasteiger partial charge in [-0.25, -0.2) is 9.59 Å². The van der Waals surface area contributed by atoms with E-state index in [1.165, 1.54) is 34.4 Å². The first-order valence-electron chi connectivity index (χ1n) is 27.0.